The number of aryl methyl sites for hydroxylation is 1. The highest BCUT2D eigenvalue weighted by molar-refractivity contribution is 5.83. The van der Waals surface area contributed by atoms with Gasteiger partial charge in [0.1, 0.15) is 6.04 Å². The quantitative estimate of drug-likeness (QED) is 0.862. The minimum atomic E-state index is -0.660. The summed E-state index contributed by atoms with van der Waals surface area (Å²) >= 11 is 0. The van der Waals surface area contributed by atoms with Crippen LogP contribution in [0.4, 0.5) is 0 Å². The molecular weight excluding hydrogens is 252 g/mol. The molecule has 1 aliphatic rings. The van der Waals surface area contributed by atoms with E-state index in [0.717, 1.165) is 18.4 Å². The molecule has 3 N–H and O–H groups in total. The molecule has 1 atom stereocenters. The molecule has 5 nitrogen and oxygen atoms in total. The molecule has 1 heterocycles. The normalized spacial score (nSPS) is 15.9. The summed E-state index contributed by atoms with van der Waals surface area (Å²) in [6.07, 6.45) is 5.16. The molecule has 1 unspecified atom stereocenters. The number of carbonyl (C=O) groups excluding carboxylic acids is 1. The zero-order valence-corrected chi connectivity index (χ0v) is 11.4. The fourth-order valence-corrected chi connectivity index (χ4v) is 2.70. The lowest BCUT2D eigenvalue weighted by Gasteiger charge is -2.15. The minimum Gasteiger partial charge on any atom is -0.351 e. The van der Waals surface area contributed by atoms with Gasteiger partial charge in [0.2, 0.25) is 5.91 Å². The van der Waals surface area contributed by atoms with Gasteiger partial charge in [-0.25, -0.2) is 0 Å². The topological polar surface area (TPSA) is 72.9 Å². The van der Waals surface area contributed by atoms with Crippen molar-refractivity contribution in [1.82, 2.24) is 15.1 Å². The van der Waals surface area contributed by atoms with Crippen LogP contribution in [0.15, 0.2) is 36.7 Å². The van der Waals surface area contributed by atoms with E-state index in [-0.39, 0.29) is 11.9 Å². The van der Waals surface area contributed by atoms with Crippen LogP contribution in [0.2, 0.25) is 0 Å². The summed E-state index contributed by atoms with van der Waals surface area (Å²) in [6.45, 7) is 0. The van der Waals surface area contributed by atoms with Crippen molar-refractivity contribution >= 4 is 5.91 Å². The van der Waals surface area contributed by atoms with Crippen LogP contribution in [0.5, 0.6) is 0 Å². The molecule has 3 rings (SSSR count). The Morgan fingerprint density at radius 3 is 2.60 bits per heavy atom. The van der Waals surface area contributed by atoms with E-state index in [0.29, 0.717) is 0 Å². The van der Waals surface area contributed by atoms with Crippen LogP contribution in [0.25, 0.3) is 0 Å². The molecule has 20 heavy (non-hydrogen) atoms. The van der Waals surface area contributed by atoms with Crippen molar-refractivity contribution in [2.24, 2.45) is 12.8 Å². The maximum atomic E-state index is 12.2. The smallest absolute Gasteiger partial charge is 0.241 e. The van der Waals surface area contributed by atoms with Gasteiger partial charge in [-0.3, -0.25) is 9.48 Å². The van der Waals surface area contributed by atoms with E-state index in [2.05, 4.69) is 22.5 Å². The van der Waals surface area contributed by atoms with Crippen LogP contribution >= 0.6 is 0 Å². The molecule has 2 aromatic rings. The Bertz CT molecular complexity index is 609. The van der Waals surface area contributed by atoms with Crippen LogP contribution in [-0.2, 0) is 24.7 Å². The fraction of sp³-hybridized carbons (Fsp3) is 0.333. The molecule has 1 aliphatic carbocycles. The minimum absolute atomic E-state index is 0.141. The summed E-state index contributed by atoms with van der Waals surface area (Å²) in [7, 11) is 1.81. The lowest BCUT2D eigenvalue weighted by atomic mass is 10.1. The maximum absolute atomic E-state index is 12.2. The van der Waals surface area contributed by atoms with E-state index in [1.54, 1.807) is 17.1 Å². The average Bonchev–Trinajstić information content (AvgIpc) is 3.03. The number of nitrogens with zero attached hydrogens (tertiary/aromatic N) is 2. The number of benzene rings is 1. The summed E-state index contributed by atoms with van der Waals surface area (Å²) in [5.74, 6) is -0.143. The molecule has 0 spiro atoms. The Labute approximate surface area is 117 Å². The first-order valence-corrected chi connectivity index (χ1v) is 6.75. The summed E-state index contributed by atoms with van der Waals surface area (Å²) in [4.78, 5) is 12.2. The van der Waals surface area contributed by atoms with Gasteiger partial charge in [0, 0.05) is 24.8 Å². The first kappa shape index (κ1) is 12.9. The predicted octanol–water partition coefficient (Wildman–Crippen LogP) is 0.704. The van der Waals surface area contributed by atoms with Gasteiger partial charge < -0.3 is 11.1 Å². The van der Waals surface area contributed by atoms with Gasteiger partial charge in [0.15, 0.2) is 0 Å². The monoisotopic (exact) mass is 270 g/mol. The number of fused-ring (bicyclic) bond motifs is 1. The van der Waals surface area contributed by atoms with Crippen molar-refractivity contribution in [3.05, 3.63) is 53.3 Å². The molecular formula is C15H18N4O. The zero-order chi connectivity index (χ0) is 14.1. The first-order chi connectivity index (χ1) is 9.63. The number of hydrogen-bond acceptors (Lipinski definition) is 3. The first-order valence-electron chi connectivity index (χ1n) is 6.75. The largest absolute Gasteiger partial charge is 0.351 e. The molecule has 1 amide bonds. The van der Waals surface area contributed by atoms with Gasteiger partial charge in [-0.05, 0) is 24.0 Å². The van der Waals surface area contributed by atoms with Gasteiger partial charge in [0.25, 0.3) is 0 Å². The Kier molecular flexibility index (Phi) is 3.28. The van der Waals surface area contributed by atoms with E-state index in [4.69, 9.17) is 5.73 Å². The number of nitrogens with one attached hydrogen (secondary N) is 1. The van der Waals surface area contributed by atoms with Gasteiger partial charge in [0.05, 0.1) is 6.20 Å². The summed E-state index contributed by atoms with van der Waals surface area (Å²) in [5.41, 5.74) is 9.33. The summed E-state index contributed by atoms with van der Waals surface area (Å²) in [6, 6.07) is 7.77. The third kappa shape index (κ3) is 2.44. The van der Waals surface area contributed by atoms with Crippen molar-refractivity contribution in [2.75, 3.05) is 0 Å². The standard InChI is InChI=1S/C15H18N4O/c1-19-9-12(8-17-19)14(16)15(20)18-13-6-10-4-2-3-5-11(10)7-13/h2-5,8-9,13-14H,6-7,16H2,1H3,(H,18,20). The number of rotatable bonds is 3. The second-order valence-corrected chi connectivity index (χ2v) is 5.31. The lowest BCUT2D eigenvalue weighted by Crippen LogP contribution is -2.41. The summed E-state index contributed by atoms with van der Waals surface area (Å²) < 4.78 is 1.65. The van der Waals surface area contributed by atoms with E-state index in [1.165, 1.54) is 11.1 Å². The van der Waals surface area contributed by atoms with Crippen molar-refractivity contribution in [1.29, 1.82) is 0 Å². The van der Waals surface area contributed by atoms with Crippen LogP contribution < -0.4 is 11.1 Å². The zero-order valence-electron chi connectivity index (χ0n) is 11.4. The Morgan fingerprint density at radius 1 is 1.40 bits per heavy atom. The number of amides is 1. The number of nitrogens with two attached hydrogens (primary N) is 1. The second-order valence-electron chi connectivity index (χ2n) is 5.31. The number of carbonyl (C=O) groups is 1. The van der Waals surface area contributed by atoms with Gasteiger partial charge in [-0.15, -0.1) is 0 Å². The van der Waals surface area contributed by atoms with Gasteiger partial charge in [-0.2, -0.15) is 5.10 Å². The average molecular weight is 270 g/mol. The molecule has 0 radical (unpaired) electrons. The van der Waals surface area contributed by atoms with Gasteiger partial charge in [-0.1, -0.05) is 24.3 Å². The van der Waals surface area contributed by atoms with Crippen molar-refractivity contribution in [2.45, 2.75) is 24.9 Å². The molecule has 0 aliphatic heterocycles. The highest BCUT2D eigenvalue weighted by atomic mass is 16.2. The number of hydrogen-bond donors (Lipinski definition) is 2. The second kappa shape index (κ2) is 5.09. The van der Waals surface area contributed by atoms with Crippen LogP contribution in [0.3, 0.4) is 0 Å². The lowest BCUT2D eigenvalue weighted by molar-refractivity contribution is -0.123. The molecule has 5 heteroatoms. The molecule has 0 saturated carbocycles. The molecule has 0 fully saturated rings. The van der Waals surface area contributed by atoms with E-state index in [9.17, 15) is 4.79 Å². The Morgan fingerprint density at radius 2 is 2.05 bits per heavy atom. The Hall–Kier alpha value is -2.14. The van der Waals surface area contributed by atoms with E-state index in [1.807, 2.05) is 19.2 Å². The van der Waals surface area contributed by atoms with Crippen molar-refractivity contribution in [3.8, 4) is 0 Å². The SMILES string of the molecule is Cn1cc(C(N)C(=O)NC2Cc3ccccc3C2)cn1. The molecule has 0 bridgehead atoms. The third-order valence-electron chi connectivity index (χ3n) is 3.76. The highest BCUT2D eigenvalue weighted by Gasteiger charge is 2.25. The van der Waals surface area contributed by atoms with E-state index >= 15 is 0 Å². The van der Waals surface area contributed by atoms with E-state index < -0.39 is 6.04 Å². The molecule has 104 valence electrons. The van der Waals surface area contributed by atoms with Crippen molar-refractivity contribution in [3.63, 3.8) is 0 Å². The fourth-order valence-electron chi connectivity index (χ4n) is 2.70. The van der Waals surface area contributed by atoms with Gasteiger partial charge >= 0.3 is 0 Å². The number of aromatic nitrogens is 2. The van der Waals surface area contributed by atoms with Crippen LogP contribution in [0.1, 0.15) is 22.7 Å². The highest BCUT2D eigenvalue weighted by Crippen LogP contribution is 2.22. The van der Waals surface area contributed by atoms with Crippen LogP contribution in [0, 0.1) is 0 Å². The summed E-state index contributed by atoms with van der Waals surface area (Å²) in [5, 5.41) is 7.07. The van der Waals surface area contributed by atoms with Crippen LogP contribution in [-0.4, -0.2) is 21.7 Å². The molecule has 1 aromatic carbocycles. The third-order valence-corrected chi connectivity index (χ3v) is 3.76. The van der Waals surface area contributed by atoms with Crippen molar-refractivity contribution < 1.29 is 4.79 Å². The predicted molar refractivity (Wildman–Crippen MR) is 75.9 cm³/mol. The Balaban J connectivity index is 1.63. The maximum Gasteiger partial charge on any atom is 0.241 e. The molecule has 1 aromatic heterocycles. The molecule has 0 saturated heterocycles.